The summed E-state index contributed by atoms with van der Waals surface area (Å²) < 4.78 is 5.65. The molecular weight excluding hydrogens is 282 g/mol. The van der Waals surface area contributed by atoms with Crippen LogP contribution in [0, 0.1) is 5.92 Å². The first-order valence-electron chi connectivity index (χ1n) is 6.89. The van der Waals surface area contributed by atoms with Gasteiger partial charge in [-0.25, -0.2) is 0 Å². The second-order valence-corrected chi connectivity index (χ2v) is 5.97. The van der Waals surface area contributed by atoms with Crippen LogP contribution in [0.3, 0.4) is 0 Å². The first-order chi connectivity index (χ1) is 10.1. The van der Waals surface area contributed by atoms with Gasteiger partial charge in [-0.2, -0.15) is 4.98 Å². The number of hydrogen-bond acceptors (Lipinski definition) is 5. The van der Waals surface area contributed by atoms with Crippen molar-refractivity contribution in [2.24, 2.45) is 5.92 Å². The Balaban J connectivity index is 2.18. The van der Waals surface area contributed by atoms with Gasteiger partial charge in [0.05, 0.1) is 18.0 Å². The van der Waals surface area contributed by atoms with Crippen LogP contribution in [-0.2, 0) is 0 Å². The number of nitrogen functional groups attached to an aromatic ring is 1. The molecule has 0 spiro atoms. The molecule has 3 N–H and O–H groups in total. The number of ether oxygens (including phenoxy) is 1. The lowest BCUT2D eigenvalue weighted by Crippen LogP contribution is -2.08. The molecule has 0 saturated carbocycles. The van der Waals surface area contributed by atoms with Crippen molar-refractivity contribution in [3.8, 4) is 5.88 Å². The number of para-hydroxylation sites is 1. The number of nitrogens with one attached hydrogen (secondary N) is 1. The van der Waals surface area contributed by atoms with Gasteiger partial charge in [0.25, 0.3) is 0 Å². The van der Waals surface area contributed by atoms with Crippen LogP contribution in [-0.4, -0.2) is 17.8 Å². The topological polar surface area (TPSA) is 60.2 Å². The Bertz CT molecular complexity index is 602. The molecule has 0 aliphatic carbocycles. The van der Waals surface area contributed by atoms with Gasteiger partial charge < -0.3 is 15.8 Å². The maximum absolute atomic E-state index is 5.91. The average molecular weight is 303 g/mol. The number of pyridine rings is 1. The van der Waals surface area contributed by atoms with E-state index in [1.54, 1.807) is 11.8 Å². The fourth-order valence-electron chi connectivity index (χ4n) is 1.77. The Labute approximate surface area is 130 Å². The minimum atomic E-state index is 0.431. The number of nitrogens with two attached hydrogens (primary N) is 1. The quantitative estimate of drug-likeness (QED) is 0.785. The number of rotatable bonds is 6. The van der Waals surface area contributed by atoms with E-state index < -0.39 is 0 Å². The number of benzene rings is 1. The second-order valence-electron chi connectivity index (χ2n) is 5.12. The summed E-state index contributed by atoms with van der Waals surface area (Å²) in [5.74, 6) is 1.64. The van der Waals surface area contributed by atoms with Crippen molar-refractivity contribution in [2.45, 2.75) is 18.7 Å². The van der Waals surface area contributed by atoms with Crippen LogP contribution >= 0.6 is 11.8 Å². The summed E-state index contributed by atoms with van der Waals surface area (Å²) in [6.07, 6.45) is 2.05. The summed E-state index contributed by atoms with van der Waals surface area (Å²) in [6, 6.07) is 11.8. The average Bonchev–Trinajstić information content (AvgIpc) is 2.48. The fourth-order valence-corrected chi connectivity index (χ4v) is 2.32. The van der Waals surface area contributed by atoms with Crippen molar-refractivity contribution in [2.75, 3.05) is 23.9 Å². The van der Waals surface area contributed by atoms with Gasteiger partial charge in [0.1, 0.15) is 5.82 Å². The van der Waals surface area contributed by atoms with E-state index in [9.17, 15) is 0 Å². The lowest BCUT2D eigenvalue weighted by atomic mass is 10.2. The van der Waals surface area contributed by atoms with Gasteiger partial charge in [-0.1, -0.05) is 26.0 Å². The molecule has 0 bridgehead atoms. The highest BCUT2D eigenvalue weighted by Gasteiger charge is 2.07. The minimum absolute atomic E-state index is 0.431. The largest absolute Gasteiger partial charge is 0.476 e. The van der Waals surface area contributed by atoms with E-state index in [-0.39, 0.29) is 0 Å². The number of anilines is 3. The highest BCUT2D eigenvalue weighted by molar-refractivity contribution is 7.98. The van der Waals surface area contributed by atoms with Gasteiger partial charge in [0, 0.05) is 4.90 Å². The van der Waals surface area contributed by atoms with Crippen LogP contribution in [0.15, 0.2) is 41.3 Å². The molecule has 0 amide bonds. The standard InChI is InChI=1S/C16H21N3OS/c1-11(2)10-20-16-12(17)8-9-15(19-16)18-13-6-4-5-7-14(13)21-3/h4-9,11H,10,17H2,1-3H3,(H,18,19). The van der Waals surface area contributed by atoms with Crippen molar-refractivity contribution in [3.63, 3.8) is 0 Å². The van der Waals surface area contributed by atoms with Crippen LogP contribution < -0.4 is 15.8 Å². The third kappa shape index (κ3) is 4.29. The van der Waals surface area contributed by atoms with Crippen LogP contribution in [0.1, 0.15) is 13.8 Å². The molecule has 112 valence electrons. The minimum Gasteiger partial charge on any atom is -0.476 e. The van der Waals surface area contributed by atoms with Crippen molar-refractivity contribution < 1.29 is 4.74 Å². The molecule has 0 saturated heterocycles. The number of hydrogen-bond donors (Lipinski definition) is 2. The highest BCUT2D eigenvalue weighted by Crippen LogP contribution is 2.29. The molecule has 0 aliphatic rings. The maximum Gasteiger partial charge on any atom is 0.239 e. The molecule has 21 heavy (non-hydrogen) atoms. The zero-order chi connectivity index (χ0) is 15.2. The van der Waals surface area contributed by atoms with Crippen molar-refractivity contribution in [3.05, 3.63) is 36.4 Å². The molecule has 1 aromatic carbocycles. The molecule has 0 unspecified atom stereocenters. The zero-order valence-electron chi connectivity index (χ0n) is 12.6. The summed E-state index contributed by atoms with van der Waals surface area (Å²) >= 11 is 1.69. The molecule has 1 aromatic heterocycles. The summed E-state index contributed by atoms with van der Waals surface area (Å²) in [4.78, 5) is 5.61. The normalized spacial score (nSPS) is 10.7. The smallest absolute Gasteiger partial charge is 0.239 e. The molecule has 0 fully saturated rings. The first kappa shape index (κ1) is 15.5. The Morgan fingerprint density at radius 1 is 1.24 bits per heavy atom. The summed E-state index contributed by atoms with van der Waals surface area (Å²) in [7, 11) is 0. The Morgan fingerprint density at radius 3 is 2.71 bits per heavy atom. The predicted octanol–water partition coefficient (Wildman–Crippen LogP) is 4.16. The molecular formula is C16H21N3OS. The number of nitrogens with zero attached hydrogens (tertiary/aromatic N) is 1. The van der Waals surface area contributed by atoms with Gasteiger partial charge in [-0.3, -0.25) is 0 Å². The van der Waals surface area contributed by atoms with E-state index in [0.717, 1.165) is 11.5 Å². The summed E-state index contributed by atoms with van der Waals surface area (Å²) in [5, 5.41) is 3.31. The van der Waals surface area contributed by atoms with E-state index >= 15 is 0 Å². The van der Waals surface area contributed by atoms with Gasteiger partial charge in [0.2, 0.25) is 5.88 Å². The molecule has 0 atom stereocenters. The fraction of sp³-hybridized carbons (Fsp3) is 0.312. The third-order valence-electron chi connectivity index (χ3n) is 2.81. The lowest BCUT2D eigenvalue weighted by molar-refractivity contribution is 0.263. The molecule has 2 rings (SSSR count). The van der Waals surface area contributed by atoms with Crippen LogP contribution in [0.4, 0.5) is 17.2 Å². The summed E-state index contributed by atoms with van der Waals surface area (Å²) in [5.41, 5.74) is 7.49. The second kappa shape index (κ2) is 7.22. The van der Waals surface area contributed by atoms with Gasteiger partial charge in [0.15, 0.2) is 0 Å². The van der Waals surface area contributed by atoms with E-state index in [0.29, 0.717) is 24.1 Å². The maximum atomic E-state index is 5.91. The monoisotopic (exact) mass is 303 g/mol. The van der Waals surface area contributed by atoms with Crippen molar-refractivity contribution in [1.82, 2.24) is 4.98 Å². The van der Waals surface area contributed by atoms with Gasteiger partial charge >= 0.3 is 0 Å². The highest BCUT2D eigenvalue weighted by atomic mass is 32.2. The van der Waals surface area contributed by atoms with Crippen LogP contribution in [0.2, 0.25) is 0 Å². The SMILES string of the molecule is CSc1ccccc1Nc1ccc(N)c(OCC(C)C)n1. The zero-order valence-corrected chi connectivity index (χ0v) is 13.4. The van der Waals surface area contributed by atoms with E-state index in [4.69, 9.17) is 10.5 Å². The van der Waals surface area contributed by atoms with Crippen molar-refractivity contribution in [1.29, 1.82) is 0 Å². The molecule has 0 aliphatic heterocycles. The molecule has 4 nitrogen and oxygen atoms in total. The van der Waals surface area contributed by atoms with Gasteiger partial charge in [-0.05, 0) is 36.4 Å². The number of aromatic nitrogens is 1. The first-order valence-corrected chi connectivity index (χ1v) is 8.12. The predicted molar refractivity (Wildman–Crippen MR) is 90.5 cm³/mol. The third-order valence-corrected chi connectivity index (χ3v) is 3.61. The number of thioether (sulfide) groups is 1. The van der Waals surface area contributed by atoms with Crippen LogP contribution in [0.25, 0.3) is 0 Å². The Hall–Kier alpha value is -1.88. The lowest BCUT2D eigenvalue weighted by Gasteiger charge is -2.13. The summed E-state index contributed by atoms with van der Waals surface area (Å²) in [6.45, 7) is 4.78. The molecule has 1 heterocycles. The van der Waals surface area contributed by atoms with Crippen LogP contribution in [0.5, 0.6) is 5.88 Å². The Kier molecular flexibility index (Phi) is 5.33. The molecule has 5 heteroatoms. The molecule has 2 aromatic rings. The Morgan fingerprint density at radius 2 is 2.00 bits per heavy atom. The van der Waals surface area contributed by atoms with E-state index in [2.05, 4.69) is 30.2 Å². The van der Waals surface area contributed by atoms with E-state index in [1.165, 1.54) is 4.90 Å². The van der Waals surface area contributed by atoms with E-state index in [1.807, 2.05) is 36.6 Å². The van der Waals surface area contributed by atoms with Crippen molar-refractivity contribution >= 4 is 29.0 Å². The van der Waals surface area contributed by atoms with Gasteiger partial charge in [-0.15, -0.1) is 11.8 Å². The molecule has 0 radical (unpaired) electrons.